The third-order valence-electron chi connectivity index (χ3n) is 3.48. The fraction of sp³-hybridized carbons (Fsp3) is 0.357. The third-order valence-corrected chi connectivity index (χ3v) is 3.48. The van der Waals surface area contributed by atoms with Crippen molar-refractivity contribution in [1.82, 2.24) is 15.3 Å². The summed E-state index contributed by atoms with van der Waals surface area (Å²) in [4.78, 5) is 4.35. The van der Waals surface area contributed by atoms with Crippen LogP contribution in [0.2, 0.25) is 0 Å². The van der Waals surface area contributed by atoms with Gasteiger partial charge in [0.25, 0.3) is 0 Å². The van der Waals surface area contributed by atoms with Gasteiger partial charge in [-0.3, -0.25) is 0 Å². The van der Waals surface area contributed by atoms with Gasteiger partial charge in [-0.15, -0.1) is 0 Å². The summed E-state index contributed by atoms with van der Waals surface area (Å²) in [5, 5.41) is 8.95. The first kappa shape index (κ1) is 12.8. The summed E-state index contributed by atoms with van der Waals surface area (Å²) < 4.78 is 10.5. The molecule has 1 aromatic carbocycles. The molecule has 104 valence electrons. The van der Waals surface area contributed by atoms with Crippen molar-refractivity contribution < 1.29 is 9.05 Å². The molecule has 0 spiro atoms. The topological polar surface area (TPSA) is 91.0 Å². The summed E-state index contributed by atoms with van der Waals surface area (Å²) in [5.41, 5.74) is 7.05. The lowest BCUT2D eigenvalue weighted by atomic mass is 10.0. The van der Waals surface area contributed by atoms with Crippen molar-refractivity contribution in [2.45, 2.75) is 32.2 Å². The molecule has 1 atom stereocenters. The van der Waals surface area contributed by atoms with Gasteiger partial charge in [-0.1, -0.05) is 29.4 Å². The predicted molar refractivity (Wildman–Crippen MR) is 72.9 cm³/mol. The van der Waals surface area contributed by atoms with Gasteiger partial charge in [0.1, 0.15) is 5.69 Å². The number of rotatable bonds is 4. The molecular weight excluding hydrogens is 256 g/mol. The standard InChI is InChI=1S/C14H16N4O2/c1-3-14(2,15)13-16-12(20-18-13)8-10-9-6-4-5-7-11(9)19-17-10/h4-7H,3,8,15H2,1-2H3. The second-order valence-electron chi connectivity index (χ2n) is 5.08. The van der Waals surface area contributed by atoms with Gasteiger partial charge in [-0.2, -0.15) is 4.98 Å². The maximum Gasteiger partial charge on any atom is 0.232 e. The van der Waals surface area contributed by atoms with Crippen LogP contribution in [0.4, 0.5) is 0 Å². The molecule has 3 aromatic rings. The second kappa shape index (κ2) is 4.72. The molecule has 6 nitrogen and oxygen atoms in total. The Bertz CT molecular complexity index is 729. The predicted octanol–water partition coefficient (Wildman–Crippen LogP) is 2.39. The van der Waals surface area contributed by atoms with Gasteiger partial charge in [-0.25, -0.2) is 0 Å². The van der Waals surface area contributed by atoms with Crippen LogP contribution in [-0.4, -0.2) is 15.3 Å². The highest BCUT2D eigenvalue weighted by Gasteiger charge is 2.25. The van der Waals surface area contributed by atoms with E-state index in [4.69, 9.17) is 14.8 Å². The Hall–Kier alpha value is -2.21. The van der Waals surface area contributed by atoms with E-state index in [9.17, 15) is 0 Å². The fourth-order valence-electron chi connectivity index (χ4n) is 1.93. The SMILES string of the molecule is CCC(C)(N)c1noc(Cc2noc3ccccc23)n1. The monoisotopic (exact) mass is 272 g/mol. The van der Waals surface area contributed by atoms with E-state index < -0.39 is 5.54 Å². The molecule has 0 aliphatic rings. The molecule has 2 aromatic heterocycles. The maximum atomic E-state index is 6.10. The number of aromatic nitrogens is 3. The van der Waals surface area contributed by atoms with Crippen LogP contribution in [0.25, 0.3) is 11.0 Å². The largest absolute Gasteiger partial charge is 0.356 e. The van der Waals surface area contributed by atoms with Crippen LogP contribution in [-0.2, 0) is 12.0 Å². The van der Waals surface area contributed by atoms with Gasteiger partial charge in [0, 0.05) is 5.39 Å². The van der Waals surface area contributed by atoms with Crippen LogP contribution in [0.3, 0.4) is 0 Å². The van der Waals surface area contributed by atoms with E-state index in [2.05, 4.69) is 15.3 Å². The molecule has 0 bridgehead atoms. The Kier molecular flexibility index (Phi) is 3.02. The van der Waals surface area contributed by atoms with Gasteiger partial charge in [0.05, 0.1) is 12.0 Å². The number of fused-ring (bicyclic) bond motifs is 1. The molecule has 2 heterocycles. The maximum absolute atomic E-state index is 6.10. The lowest BCUT2D eigenvalue weighted by Crippen LogP contribution is -2.33. The van der Waals surface area contributed by atoms with Crippen molar-refractivity contribution in [3.8, 4) is 0 Å². The van der Waals surface area contributed by atoms with E-state index in [1.807, 2.05) is 38.1 Å². The second-order valence-corrected chi connectivity index (χ2v) is 5.08. The minimum absolute atomic E-state index is 0.434. The first-order chi connectivity index (χ1) is 9.60. The van der Waals surface area contributed by atoms with Crippen molar-refractivity contribution in [2.24, 2.45) is 5.73 Å². The van der Waals surface area contributed by atoms with Crippen molar-refractivity contribution >= 4 is 11.0 Å². The molecular formula is C14H16N4O2. The summed E-state index contributed by atoms with van der Waals surface area (Å²) in [7, 11) is 0. The summed E-state index contributed by atoms with van der Waals surface area (Å²) in [6.45, 7) is 3.87. The summed E-state index contributed by atoms with van der Waals surface area (Å²) in [5.74, 6) is 1.01. The van der Waals surface area contributed by atoms with E-state index in [1.54, 1.807) is 0 Å². The van der Waals surface area contributed by atoms with Crippen LogP contribution < -0.4 is 5.73 Å². The van der Waals surface area contributed by atoms with Crippen LogP contribution in [0, 0.1) is 0 Å². The molecule has 0 aliphatic heterocycles. The number of hydrogen-bond acceptors (Lipinski definition) is 6. The lowest BCUT2D eigenvalue weighted by molar-refractivity contribution is 0.353. The van der Waals surface area contributed by atoms with Gasteiger partial charge in [-0.05, 0) is 25.5 Å². The van der Waals surface area contributed by atoms with Crippen molar-refractivity contribution in [3.05, 3.63) is 41.7 Å². The highest BCUT2D eigenvalue weighted by atomic mass is 16.5. The first-order valence-electron chi connectivity index (χ1n) is 6.55. The molecule has 3 rings (SSSR count). The molecule has 0 radical (unpaired) electrons. The number of hydrogen-bond donors (Lipinski definition) is 1. The fourth-order valence-corrected chi connectivity index (χ4v) is 1.93. The quantitative estimate of drug-likeness (QED) is 0.784. The minimum atomic E-state index is -0.576. The molecule has 0 amide bonds. The third kappa shape index (κ3) is 2.18. The zero-order valence-corrected chi connectivity index (χ0v) is 11.5. The molecule has 6 heteroatoms. The molecule has 0 saturated carbocycles. The Morgan fingerprint density at radius 3 is 2.80 bits per heavy atom. The zero-order valence-electron chi connectivity index (χ0n) is 11.5. The molecule has 1 unspecified atom stereocenters. The minimum Gasteiger partial charge on any atom is -0.356 e. The highest BCUT2D eigenvalue weighted by Crippen LogP contribution is 2.22. The number of benzene rings is 1. The van der Waals surface area contributed by atoms with Gasteiger partial charge in [0.2, 0.25) is 5.89 Å². The van der Waals surface area contributed by atoms with E-state index in [-0.39, 0.29) is 0 Å². The summed E-state index contributed by atoms with van der Waals surface area (Å²) >= 11 is 0. The van der Waals surface area contributed by atoms with Crippen LogP contribution in [0.5, 0.6) is 0 Å². The molecule has 0 fully saturated rings. The number of nitrogens with zero attached hydrogens (tertiary/aromatic N) is 3. The van der Waals surface area contributed by atoms with Crippen LogP contribution in [0.1, 0.15) is 37.7 Å². The first-order valence-corrected chi connectivity index (χ1v) is 6.55. The van der Waals surface area contributed by atoms with E-state index in [0.717, 1.165) is 23.1 Å². The summed E-state index contributed by atoms with van der Waals surface area (Å²) in [6, 6.07) is 7.68. The Morgan fingerprint density at radius 2 is 2.00 bits per heavy atom. The highest BCUT2D eigenvalue weighted by molar-refractivity contribution is 5.79. The van der Waals surface area contributed by atoms with Crippen molar-refractivity contribution in [2.75, 3.05) is 0 Å². The smallest absolute Gasteiger partial charge is 0.232 e. The van der Waals surface area contributed by atoms with Gasteiger partial charge in [0.15, 0.2) is 11.4 Å². The van der Waals surface area contributed by atoms with Gasteiger partial charge >= 0.3 is 0 Å². The van der Waals surface area contributed by atoms with Crippen molar-refractivity contribution in [3.63, 3.8) is 0 Å². The Labute approximate surface area is 115 Å². The molecule has 0 aliphatic carbocycles. The molecule has 20 heavy (non-hydrogen) atoms. The lowest BCUT2D eigenvalue weighted by Gasteiger charge is -2.16. The number of para-hydroxylation sites is 1. The van der Waals surface area contributed by atoms with Gasteiger partial charge < -0.3 is 14.8 Å². The average Bonchev–Trinajstić information content (AvgIpc) is 3.08. The van der Waals surface area contributed by atoms with Crippen LogP contribution in [0.15, 0.2) is 33.3 Å². The van der Waals surface area contributed by atoms with E-state index in [1.165, 1.54) is 0 Å². The number of nitrogens with two attached hydrogens (primary N) is 1. The zero-order chi connectivity index (χ0) is 14.2. The van der Waals surface area contributed by atoms with Crippen LogP contribution >= 0.6 is 0 Å². The van der Waals surface area contributed by atoms with Crippen molar-refractivity contribution in [1.29, 1.82) is 0 Å². The van der Waals surface area contributed by atoms with E-state index >= 15 is 0 Å². The Balaban J connectivity index is 1.88. The van der Waals surface area contributed by atoms with E-state index in [0.29, 0.717) is 18.1 Å². The molecule has 0 saturated heterocycles. The normalized spacial score (nSPS) is 14.6. The molecule has 2 N–H and O–H groups in total. The summed E-state index contributed by atoms with van der Waals surface area (Å²) in [6.07, 6.45) is 1.17. The Morgan fingerprint density at radius 1 is 1.20 bits per heavy atom. The average molecular weight is 272 g/mol.